The normalized spacial score (nSPS) is 10.9. The topological polar surface area (TPSA) is 0 Å². The molecule has 2 aromatic rings. The van der Waals surface area contributed by atoms with Gasteiger partial charge in [0.25, 0.3) is 0 Å². The molecule has 0 saturated heterocycles. The van der Waals surface area contributed by atoms with E-state index < -0.39 is 0 Å². The molecule has 0 heterocycles. The van der Waals surface area contributed by atoms with Crippen LogP contribution in [0.4, 0.5) is 0 Å². The van der Waals surface area contributed by atoms with Crippen LogP contribution in [0, 0.1) is 11.8 Å². The van der Waals surface area contributed by atoms with Gasteiger partial charge in [-0.15, -0.1) is 0 Å². The molecule has 0 amide bonds. The van der Waals surface area contributed by atoms with Crippen LogP contribution in [0.25, 0.3) is 0 Å². The van der Waals surface area contributed by atoms with Gasteiger partial charge in [0.1, 0.15) is 0 Å². The van der Waals surface area contributed by atoms with E-state index in [0.717, 1.165) is 5.56 Å². The minimum absolute atomic E-state index is 0.388. The molecule has 0 bridgehead atoms. The molecule has 0 atom stereocenters. The number of allylic oxidation sites excluding steroid dienone is 2. The van der Waals surface area contributed by atoms with E-state index >= 15 is 0 Å². The van der Waals surface area contributed by atoms with Gasteiger partial charge in [0, 0.05) is 0 Å². The van der Waals surface area contributed by atoms with Crippen LogP contribution >= 0.6 is 0 Å². The van der Waals surface area contributed by atoms with E-state index in [1.165, 1.54) is 41.0 Å². The Morgan fingerprint density at radius 2 is 1.61 bits per heavy atom. The number of hydrogen-bond donors (Lipinski definition) is 0. The van der Waals surface area contributed by atoms with Crippen molar-refractivity contribution in [3.05, 3.63) is 76.8 Å². The average molecular weight is 367 g/mol. The first kappa shape index (κ1) is 17.6. The van der Waals surface area contributed by atoms with E-state index in [-0.39, 0.29) is 0 Å². The Morgan fingerprint density at radius 3 is 2.30 bits per heavy atom. The summed E-state index contributed by atoms with van der Waals surface area (Å²) in [5.74, 6) is 6.51. The fourth-order valence-electron chi connectivity index (χ4n) is 2.24. The molecule has 23 heavy (non-hydrogen) atoms. The summed E-state index contributed by atoms with van der Waals surface area (Å²) < 4.78 is 2.94. The van der Waals surface area contributed by atoms with Crippen molar-refractivity contribution in [2.75, 3.05) is 0 Å². The second kappa shape index (κ2) is 10.9. The van der Waals surface area contributed by atoms with Crippen molar-refractivity contribution < 1.29 is 0 Å². The van der Waals surface area contributed by atoms with Crippen LogP contribution in [-0.2, 0) is 0 Å². The van der Waals surface area contributed by atoms with Gasteiger partial charge in [0.05, 0.1) is 0 Å². The van der Waals surface area contributed by atoms with Gasteiger partial charge in [-0.3, -0.25) is 0 Å². The molecule has 0 fully saturated rings. The third-order valence-electron chi connectivity index (χ3n) is 3.49. The van der Waals surface area contributed by atoms with Gasteiger partial charge in [-0.25, -0.2) is 0 Å². The summed E-state index contributed by atoms with van der Waals surface area (Å²) in [6.45, 7) is 2.26. The molecular formula is C22H24Se. The SMILES string of the molecule is CCCCCC/C(=C/C#Cc1ccccc1)[Se]c1ccccc1. The molecule has 0 spiro atoms. The number of benzene rings is 2. The van der Waals surface area contributed by atoms with Crippen molar-refractivity contribution in [2.24, 2.45) is 0 Å². The summed E-state index contributed by atoms with van der Waals surface area (Å²) in [5.41, 5.74) is 1.08. The Balaban J connectivity index is 2.02. The van der Waals surface area contributed by atoms with Crippen LogP contribution in [0.3, 0.4) is 0 Å². The van der Waals surface area contributed by atoms with Crippen LogP contribution < -0.4 is 4.46 Å². The summed E-state index contributed by atoms with van der Waals surface area (Å²) in [6, 6.07) is 21.0. The number of hydrogen-bond acceptors (Lipinski definition) is 0. The van der Waals surface area contributed by atoms with E-state index in [1.807, 2.05) is 18.2 Å². The molecule has 0 aliphatic carbocycles. The zero-order valence-electron chi connectivity index (χ0n) is 13.8. The van der Waals surface area contributed by atoms with Gasteiger partial charge >= 0.3 is 147 Å². The number of unbranched alkanes of at least 4 members (excludes halogenated alkanes) is 3. The molecule has 0 nitrogen and oxygen atoms in total. The van der Waals surface area contributed by atoms with E-state index in [0.29, 0.717) is 15.0 Å². The van der Waals surface area contributed by atoms with E-state index in [9.17, 15) is 0 Å². The van der Waals surface area contributed by atoms with Gasteiger partial charge in [-0.05, 0) is 0 Å². The third kappa shape index (κ3) is 7.38. The summed E-state index contributed by atoms with van der Waals surface area (Å²) >= 11 is 0.388. The molecule has 0 aliphatic rings. The molecular weight excluding hydrogens is 343 g/mol. The molecule has 0 unspecified atom stereocenters. The summed E-state index contributed by atoms with van der Waals surface area (Å²) in [4.78, 5) is 0. The molecule has 1 heteroatoms. The van der Waals surface area contributed by atoms with Crippen LogP contribution in [-0.4, -0.2) is 15.0 Å². The van der Waals surface area contributed by atoms with Crippen molar-refractivity contribution in [3.8, 4) is 11.8 Å². The van der Waals surface area contributed by atoms with Gasteiger partial charge in [0.2, 0.25) is 0 Å². The van der Waals surface area contributed by atoms with Crippen LogP contribution in [0.1, 0.15) is 44.6 Å². The first-order valence-corrected chi connectivity index (χ1v) is 10.1. The van der Waals surface area contributed by atoms with E-state index in [1.54, 1.807) is 0 Å². The van der Waals surface area contributed by atoms with Crippen LogP contribution in [0.15, 0.2) is 71.2 Å². The second-order valence-electron chi connectivity index (χ2n) is 5.47. The molecule has 0 saturated carbocycles. The monoisotopic (exact) mass is 368 g/mol. The van der Waals surface area contributed by atoms with Crippen molar-refractivity contribution >= 4 is 19.4 Å². The van der Waals surface area contributed by atoms with Crippen molar-refractivity contribution in [1.29, 1.82) is 0 Å². The standard InChI is InChI=1S/C22H24Se/c1-2-3-4-9-16-22(23-21-17-10-6-11-18-21)19-12-15-20-13-7-5-8-14-20/h5-8,10-11,13-14,17-19H,2-4,9,16H2,1H3/b22-19-. The predicted molar refractivity (Wildman–Crippen MR) is 102 cm³/mol. The molecule has 0 aliphatic heterocycles. The number of rotatable bonds is 7. The van der Waals surface area contributed by atoms with Crippen molar-refractivity contribution in [1.82, 2.24) is 0 Å². The summed E-state index contributed by atoms with van der Waals surface area (Å²) in [7, 11) is 0. The molecule has 118 valence electrons. The van der Waals surface area contributed by atoms with Crippen molar-refractivity contribution in [3.63, 3.8) is 0 Å². The Hall–Kier alpha value is -1.74. The average Bonchev–Trinajstić information content (AvgIpc) is 2.60. The fourth-order valence-corrected chi connectivity index (χ4v) is 4.25. The Morgan fingerprint density at radius 1 is 0.913 bits per heavy atom. The van der Waals surface area contributed by atoms with Gasteiger partial charge < -0.3 is 0 Å². The zero-order chi connectivity index (χ0) is 16.2. The molecule has 0 radical (unpaired) electrons. The Kier molecular flexibility index (Phi) is 8.34. The van der Waals surface area contributed by atoms with Gasteiger partial charge in [-0.1, -0.05) is 0 Å². The maximum absolute atomic E-state index is 3.27. The van der Waals surface area contributed by atoms with Crippen molar-refractivity contribution in [2.45, 2.75) is 39.0 Å². The molecule has 0 N–H and O–H groups in total. The Bertz CT molecular complexity index is 645. The maximum atomic E-state index is 3.27. The summed E-state index contributed by atoms with van der Waals surface area (Å²) in [6.07, 6.45) is 8.56. The molecule has 0 aromatic heterocycles. The fraction of sp³-hybridized carbons (Fsp3) is 0.273. The minimum atomic E-state index is 0.388. The Labute approximate surface area is 147 Å². The van der Waals surface area contributed by atoms with E-state index in [2.05, 4.69) is 67.3 Å². The van der Waals surface area contributed by atoms with Gasteiger partial charge in [0.15, 0.2) is 0 Å². The quantitative estimate of drug-likeness (QED) is 0.370. The first-order valence-electron chi connectivity index (χ1n) is 8.37. The van der Waals surface area contributed by atoms with Crippen LogP contribution in [0.2, 0.25) is 0 Å². The third-order valence-corrected chi connectivity index (χ3v) is 5.78. The molecule has 2 aromatic carbocycles. The van der Waals surface area contributed by atoms with Gasteiger partial charge in [-0.2, -0.15) is 0 Å². The van der Waals surface area contributed by atoms with E-state index in [4.69, 9.17) is 0 Å². The zero-order valence-corrected chi connectivity index (χ0v) is 15.5. The molecule has 2 rings (SSSR count). The second-order valence-corrected chi connectivity index (χ2v) is 7.99. The summed E-state index contributed by atoms with van der Waals surface area (Å²) in [5, 5.41) is 0. The first-order chi connectivity index (χ1) is 11.4. The predicted octanol–water partition coefficient (Wildman–Crippen LogP) is 4.92. The van der Waals surface area contributed by atoms with Crippen LogP contribution in [0.5, 0.6) is 0 Å².